The van der Waals surface area contributed by atoms with E-state index in [0.717, 1.165) is 22.6 Å². The zero-order valence-electron chi connectivity index (χ0n) is 13.6. The van der Waals surface area contributed by atoms with E-state index < -0.39 is 0 Å². The van der Waals surface area contributed by atoms with Crippen molar-refractivity contribution in [2.75, 3.05) is 14.1 Å². The van der Waals surface area contributed by atoms with Crippen molar-refractivity contribution >= 4 is 34.6 Å². The van der Waals surface area contributed by atoms with Crippen LogP contribution in [0.5, 0.6) is 0 Å². The zero-order valence-corrected chi connectivity index (χ0v) is 15.7. The largest absolute Gasteiger partial charge is 0.344 e. The lowest BCUT2D eigenvalue weighted by Crippen LogP contribution is -2.22. The van der Waals surface area contributed by atoms with Crippen molar-refractivity contribution in [3.05, 3.63) is 56.4 Å². The molecule has 5 heteroatoms. The number of rotatable bonds is 3. The highest BCUT2D eigenvalue weighted by Gasteiger charge is 2.14. The third kappa shape index (κ3) is 3.64. The molecule has 4 nitrogen and oxygen atoms in total. The Labute approximate surface area is 150 Å². The van der Waals surface area contributed by atoms with Crippen LogP contribution in [0.15, 0.2) is 35.9 Å². The first-order chi connectivity index (χ1) is 10.8. The summed E-state index contributed by atoms with van der Waals surface area (Å²) in [6, 6.07) is 12.2. The van der Waals surface area contributed by atoms with Crippen molar-refractivity contribution in [1.82, 2.24) is 9.47 Å². The molecule has 0 bridgehead atoms. The highest BCUT2D eigenvalue weighted by molar-refractivity contribution is 14.1. The fourth-order valence-electron chi connectivity index (χ4n) is 2.46. The van der Waals surface area contributed by atoms with Crippen molar-refractivity contribution in [2.24, 2.45) is 0 Å². The van der Waals surface area contributed by atoms with Gasteiger partial charge in [-0.1, -0.05) is 0 Å². The van der Waals surface area contributed by atoms with E-state index >= 15 is 0 Å². The average Bonchev–Trinajstić information content (AvgIpc) is 2.79. The predicted octanol–water partition coefficient (Wildman–Crippen LogP) is 3.69. The first-order valence-corrected chi connectivity index (χ1v) is 8.21. The summed E-state index contributed by atoms with van der Waals surface area (Å²) in [5.41, 5.74) is 4.15. The van der Waals surface area contributed by atoms with E-state index in [9.17, 15) is 10.1 Å². The molecule has 1 aromatic heterocycles. The number of carbonyl (C=O) groups is 1. The van der Waals surface area contributed by atoms with Gasteiger partial charge in [-0.25, -0.2) is 0 Å². The molecule has 118 valence electrons. The quantitative estimate of drug-likeness (QED) is 0.433. The van der Waals surface area contributed by atoms with Crippen molar-refractivity contribution < 1.29 is 4.79 Å². The van der Waals surface area contributed by atoms with Gasteiger partial charge in [0.1, 0.15) is 11.6 Å². The summed E-state index contributed by atoms with van der Waals surface area (Å²) >= 11 is 2.28. The van der Waals surface area contributed by atoms with E-state index in [4.69, 9.17) is 0 Å². The molecule has 0 saturated heterocycles. The van der Waals surface area contributed by atoms with Crippen LogP contribution in [0.1, 0.15) is 17.0 Å². The lowest BCUT2D eigenvalue weighted by Gasteiger charge is -2.10. The van der Waals surface area contributed by atoms with Gasteiger partial charge in [0.25, 0.3) is 5.91 Å². The van der Waals surface area contributed by atoms with Crippen LogP contribution in [0.2, 0.25) is 0 Å². The Bertz CT molecular complexity index is 808. The smallest absolute Gasteiger partial charge is 0.264 e. The first kappa shape index (κ1) is 17.3. The molecule has 23 heavy (non-hydrogen) atoms. The standard InChI is InChI=1S/C18H18IN3O/c1-12-9-14(10-15(11-20)18(23)21(3)4)13(2)22(12)17-7-5-16(19)6-8-17/h5-10H,1-4H3/b15-10-. The van der Waals surface area contributed by atoms with Crippen LogP contribution in [-0.4, -0.2) is 29.5 Å². The molecule has 1 heterocycles. The molecule has 2 rings (SSSR count). The Kier molecular flexibility index (Phi) is 5.26. The lowest BCUT2D eigenvalue weighted by molar-refractivity contribution is -0.124. The number of likely N-dealkylation sites (N-methyl/N-ethyl adjacent to an activating group) is 1. The van der Waals surface area contributed by atoms with Gasteiger partial charge in [-0.2, -0.15) is 5.26 Å². The fourth-order valence-corrected chi connectivity index (χ4v) is 2.82. The van der Waals surface area contributed by atoms with Gasteiger partial charge < -0.3 is 9.47 Å². The number of aromatic nitrogens is 1. The molecule has 0 fully saturated rings. The van der Waals surface area contributed by atoms with Gasteiger partial charge in [0.05, 0.1) is 0 Å². The Morgan fingerprint density at radius 3 is 2.39 bits per heavy atom. The molecule has 0 atom stereocenters. The molecular formula is C18H18IN3O. The number of hydrogen-bond donors (Lipinski definition) is 0. The second kappa shape index (κ2) is 7.01. The summed E-state index contributed by atoms with van der Waals surface area (Å²) in [4.78, 5) is 13.4. The van der Waals surface area contributed by atoms with Crippen molar-refractivity contribution in [2.45, 2.75) is 13.8 Å². The predicted molar refractivity (Wildman–Crippen MR) is 100 cm³/mol. The van der Waals surface area contributed by atoms with E-state index in [1.807, 2.05) is 26.0 Å². The molecule has 0 aliphatic heterocycles. The van der Waals surface area contributed by atoms with Crippen LogP contribution in [0.3, 0.4) is 0 Å². The number of benzene rings is 1. The summed E-state index contributed by atoms with van der Waals surface area (Å²) in [5.74, 6) is -0.286. The second-order valence-corrected chi connectivity index (χ2v) is 6.75. The molecule has 0 aliphatic rings. The third-order valence-corrected chi connectivity index (χ3v) is 4.33. The Morgan fingerprint density at radius 2 is 1.87 bits per heavy atom. The SMILES string of the molecule is Cc1cc(/C=C(/C#N)C(=O)N(C)C)c(C)n1-c1ccc(I)cc1. The zero-order chi connectivity index (χ0) is 17.1. The van der Waals surface area contributed by atoms with E-state index in [2.05, 4.69) is 51.4 Å². The molecular weight excluding hydrogens is 401 g/mol. The molecule has 2 aromatic rings. The Hall–Kier alpha value is -2.07. The lowest BCUT2D eigenvalue weighted by atomic mass is 10.1. The van der Waals surface area contributed by atoms with Crippen LogP contribution in [0, 0.1) is 28.7 Å². The van der Waals surface area contributed by atoms with Gasteiger partial charge in [0, 0.05) is 34.7 Å². The van der Waals surface area contributed by atoms with Crippen molar-refractivity contribution in [1.29, 1.82) is 5.26 Å². The number of halogens is 1. The summed E-state index contributed by atoms with van der Waals surface area (Å²) in [6.45, 7) is 4.01. The van der Waals surface area contributed by atoms with Crippen LogP contribution < -0.4 is 0 Å². The average molecular weight is 419 g/mol. The maximum Gasteiger partial charge on any atom is 0.264 e. The van der Waals surface area contributed by atoms with Crippen molar-refractivity contribution in [3.63, 3.8) is 0 Å². The van der Waals surface area contributed by atoms with Gasteiger partial charge in [0.15, 0.2) is 0 Å². The number of amides is 1. The Morgan fingerprint density at radius 1 is 1.26 bits per heavy atom. The minimum Gasteiger partial charge on any atom is -0.344 e. The minimum absolute atomic E-state index is 0.137. The van der Waals surface area contributed by atoms with E-state index in [1.165, 1.54) is 8.47 Å². The van der Waals surface area contributed by atoms with E-state index in [1.54, 1.807) is 20.2 Å². The molecule has 0 unspecified atom stereocenters. The molecule has 0 saturated carbocycles. The van der Waals surface area contributed by atoms with Gasteiger partial charge in [-0.15, -0.1) is 0 Å². The summed E-state index contributed by atoms with van der Waals surface area (Å²) in [6.07, 6.45) is 1.66. The number of hydrogen-bond acceptors (Lipinski definition) is 2. The highest BCUT2D eigenvalue weighted by Crippen LogP contribution is 2.23. The van der Waals surface area contributed by atoms with Crippen LogP contribution in [0.25, 0.3) is 11.8 Å². The summed E-state index contributed by atoms with van der Waals surface area (Å²) < 4.78 is 3.30. The maximum atomic E-state index is 12.0. The fraction of sp³-hybridized carbons (Fsp3) is 0.222. The highest BCUT2D eigenvalue weighted by atomic mass is 127. The second-order valence-electron chi connectivity index (χ2n) is 5.51. The van der Waals surface area contributed by atoms with E-state index in [-0.39, 0.29) is 11.5 Å². The van der Waals surface area contributed by atoms with Gasteiger partial charge in [0.2, 0.25) is 0 Å². The molecule has 0 aliphatic carbocycles. The molecule has 1 amide bonds. The minimum atomic E-state index is -0.286. The molecule has 1 aromatic carbocycles. The molecule has 0 N–H and O–H groups in total. The number of nitrogens with zero attached hydrogens (tertiary/aromatic N) is 3. The number of aryl methyl sites for hydroxylation is 1. The van der Waals surface area contributed by atoms with Gasteiger partial charge in [-0.05, 0) is 78.4 Å². The molecule has 0 radical (unpaired) electrons. The normalized spacial score (nSPS) is 11.2. The topological polar surface area (TPSA) is 49.0 Å². The van der Waals surface area contributed by atoms with E-state index in [0.29, 0.717) is 0 Å². The van der Waals surface area contributed by atoms with Gasteiger partial charge >= 0.3 is 0 Å². The van der Waals surface area contributed by atoms with Crippen LogP contribution >= 0.6 is 22.6 Å². The summed E-state index contributed by atoms with van der Waals surface area (Å²) in [5, 5.41) is 9.25. The maximum absolute atomic E-state index is 12.0. The first-order valence-electron chi connectivity index (χ1n) is 7.13. The van der Waals surface area contributed by atoms with Crippen LogP contribution in [-0.2, 0) is 4.79 Å². The number of nitriles is 1. The van der Waals surface area contributed by atoms with Crippen molar-refractivity contribution in [3.8, 4) is 11.8 Å². The Balaban J connectivity index is 2.51. The molecule has 0 spiro atoms. The van der Waals surface area contributed by atoms with Crippen LogP contribution in [0.4, 0.5) is 0 Å². The third-order valence-electron chi connectivity index (χ3n) is 3.61. The summed E-state index contributed by atoms with van der Waals surface area (Å²) in [7, 11) is 3.28. The number of carbonyl (C=O) groups excluding carboxylic acids is 1. The van der Waals surface area contributed by atoms with Gasteiger partial charge in [-0.3, -0.25) is 4.79 Å². The monoisotopic (exact) mass is 419 g/mol.